The van der Waals surface area contributed by atoms with E-state index in [1.807, 2.05) is 60.7 Å². The van der Waals surface area contributed by atoms with Crippen molar-refractivity contribution in [2.24, 2.45) is 0 Å². The standard InChI is InChI=1S/C27H22NO2P3.C25H16O4/c1-28(2)33-31-23-15-7-13-21-25(23)27(17-9-3-5-11-19(17)29-21)18-10-4-6-12-20(18)30-22-14-8-16-24(32-33)26(22)27;26-17-9-5-13-21-23(17)25(15-7-1-3-11-19(15)28-21)16-8-2-4-12-20(16)29-22-14-6-10-18(27)24(22)25/h3-16,31-32H,1-2H3;1-14,26-27H. The summed E-state index contributed by atoms with van der Waals surface area (Å²) in [6.07, 6.45) is 0. The first-order chi connectivity index (χ1) is 30.4. The van der Waals surface area contributed by atoms with Crippen LogP contribution >= 0.6 is 24.0 Å². The van der Waals surface area contributed by atoms with Crippen molar-refractivity contribution in [1.29, 1.82) is 0 Å². The lowest BCUT2D eigenvalue weighted by molar-refractivity contribution is 0.370. The highest BCUT2D eigenvalue weighted by molar-refractivity contribution is 8.53. The van der Waals surface area contributed by atoms with Crippen LogP contribution in [-0.4, -0.2) is 29.0 Å². The molecule has 7 nitrogen and oxygen atoms in total. The van der Waals surface area contributed by atoms with E-state index in [0.29, 0.717) is 34.1 Å². The Labute approximate surface area is 363 Å². The quantitative estimate of drug-likeness (QED) is 0.159. The van der Waals surface area contributed by atoms with Gasteiger partial charge in [0.25, 0.3) is 0 Å². The van der Waals surface area contributed by atoms with Gasteiger partial charge in [-0.3, -0.25) is 4.67 Å². The Balaban J connectivity index is 0.000000133. The Morgan fingerprint density at radius 3 is 1.02 bits per heavy atom. The molecular weight excluding hydrogens is 827 g/mol. The minimum absolute atomic E-state index is 0.0999. The third kappa shape index (κ3) is 5.20. The average molecular weight is 866 g/mol. The van der Waals surface area contributed by atoms with E-state index >= 15 is 0 Å². The molecule has 10 heteroatoms. The van der Waals surface area contributed by atoms with Crippen LogP contribution in [0.5, 0.6) is 57.5 Å². The average Bonchev–Trinajstić information content (AvgIpc) is 3.28. The topological polar surface area (TPSA) is 80.6 Å². The molecule has 5 aliphatic rings. The molecule has 8 aromatic carbocycles. The van der Waals surface area contributed by atoms with Crippen LogP contribution in [0.3, 0.4) is 0 Å². The van der Waals surface area contributed by atoms with Crippen molar-refractivity contribution in [2.75, 3.05) is 14.1 Å². The van der Waals surface area contributed by atoms with Crippen molar-refractivity contribution in [3.63, 3.8) is 0 Å². The summed E-state index contributed by atoms with van der Waals surface area (Å²) >= 11 is 0. The highest BCUT2D eigenvalue weighted by Gasteiger charge is 2.55. The Morgan fingerprint density at radius 1 is 0.371 bits per heavy atom. The van der Waals surface area contributed by atoms with Gasteiger partial charge in [-0.15, -0.1) is 0 Å². The van der Waals surface area contributed by atoms with Gasteiger partial charge in [-0.05, 0) is 102 Å². The summed E-state index contributed by atoms with van der Waals surface area (Å²) in [5.74, 6) is 6.46. The molecule has 5 heterocycles. The molecule has 13 rings (SSSR count). The molecule has 0 fully saturated rings. The molecule has 0 saturated carbocycles. The monoisotopic (exact) mass is 865 g/mol. The highest BCUT2D eigenvalue weighted by Crippen LogP contribution is 2.74. The summed E-state index contributed by atoms with van der Waals surface area (Å²) in [4.78, 5) is 0. The summed E-state index contributed by atoms with van der Waals surface area (Å²) in [5, 5.41) is 24.9. The lowest BCUT2D eigenvalue weighted by Gasteiger charge is -2.48. The van der Waals surface area contributed by atoms with E-state index < -0.39 is 10.8 Å². The van der Waals surface area contributed by atoms with Gasteiger partial charge < -0.3 is 29.2 Å². The molecule has 0 aliphatic carbocycles. The van der Waals surface area contributed by atoms with Crippen LogP contribution in [-0.2, 0) is 10.8 Å². The van der Waals surface area contributed by atoms with E-state index in [2.05, 4.69) is 104 Å². The molecule has 0 aromatic heterocycles. The number of benzene rings is 8. The number of aromatic hydroxyl groups is 2. The predicted octanol–water partition coefficient (Wildman–Crippen LogP) is 12.4. The number of phenols is 2. The Bertz CT molecular complexity index is 2940. The molecule has 2 spiro atoms. The third-order valence-electron chi connectivity index (χ3n) is 12.5. The van der Waals surface area contributed by atoms with Crippen molar-refractivity contribution >= 4 is 34.6 Å². The maximum Gasteiger partial charge on any atom is 0.135 e. The molecule has 0 radical (unpaired) electrons. The molecule has 5 aliphatic heterocycles. The molecule has 8 aromatic rings. The van der Waals surface area contributed by atoms with Crippen LogP contribution in [0.4, 0.5) is 0 Å². The molecule has 2 unspecified atom stereocenters. The second-order valence-electron chi connectivity index (χ2n) is 15.9. The number of fused-ring (bicyclic) bond motifs is 10. The van der Waals surface area contributed by atoms with Gasteiger partial charge in [-0.2, -0.15) is 0 Å². The van der Waals surface area contributed by atoms with Crippen molar-refractivity contribution in [3.05, 3.63) is 214 Å². The van der Waals surface area contributed by atoms with Gasteiger partial charge in [0, 0.05) is 40.8 Å². The fraction of sp³-hybridized carbons (Fsp3) is 0.0769. The number of rotatable bonds is 1. The molecular formula is C52H38NO6P3. The summed E-state index contributed by atoms with van der Waals surface area (Å²) in [6, 6.07) is 56.3. The predicted molar refractivity (Wildman–Crippen MR) is 250 cm³/mol. The number of para-hydroxylation sites is 4. The Kier molecular flexibility index (Phi) is 8.59. The van der Waals surface area contributed by atoms with Crippen molar-refractivity contribution in [1.82, 2.24) is 4.67 Å². The molecule has 2 atom stereocenters. The molecule has 62 heavy (non-hydrogen) atoms. The normalized spacial score (nSPS) is 19.0. The second-order valence-corrected chi connectivity index (χ2v) is 24.1. The van der Waals surface area contributed by atoms with Crippen LogP contribution in [0.1, 0.15) is 44.5 Å². The molecule has 0 saturated heterocycles. The van der Waals surface area contributed by atoms with E-state index in [1.54, 1.807) is 24.3 Å². The van der Waals surface area contributed by atoms with Crippen LogP contribution in [0.15, 0.2) is 170 Å². The Hall–Kier alpha value is -6.19. The first-order valence-corrected chi connectivity index (χ1v) is 25.4. The lowest BCUT2D eigenvalue weighted by Crippen LogP contribution is -2.43. The van der Waals surface area contributed by atoms with Gasteiger partial charge in [0.2, 0.25) is 0 Å². The summed E-state index contributed by atoms with van der Waals surface area (Å²) in [5.41, 5.74) is 6.45. The number of hydrogen-bond donors (Lipinski definition) is 2. The lowest BCUT2D eigenvalue weighted by atomic mass is 9.62. The second kappa shape index (κ2) is 14.2. The largest absolute Gasteiger partial charge is 0.507 e. The van der Waals surface area contributed by atoms with Crippen LogP contribution in [0.25, 0.3) is 0 Å². The zero-order valence-corrected chi connectivity index (χ0v) is 36.5. The summed E-state index contributed by atoms with van der Waals surface area (Å²) < 4.78 is 28.0. The Morgan fingerprint density at radius 2 is 0.661 bits per heavy atom. The summed E-state index contributed by atoms with van der Waals surface area (Å²) in [6.45, 7) is 0. The van der Waals surface area contributed by atoms with Gasteiger partial charge in [-0.25, -0.2) is 0 Å². The minimum atomic E-state index is -0.981. The van der Waals surface area contributed by atoms with E-state index in [4.69, 9.17) is 18.9 Å². The van der Waals surface area contributed by atoms with Crippen LogP contribution in [0, 0.1) is 0 Å². The zero-order chi connectivity index (χ0) is 41.7. The molecule has 0 amide bonds. The maximum atomic E-state index is 11.0. The fourth-order valence-corrected chi connectivity index (χ4v) is 18.8. The van der Waals surface area contributed by atoms with E-state index in [-0.39, 0.29) is 18.9 Å². The van der Waals surface area contributed by atoms with Crippen LogP contribution < -0.4 is 29.6 Å². The van der Waals surface area contributed by atoms with Crippen molar-refractivity contribution < 1.29 is 29.2 Å². The minimum Gasteiger partial charge on any atom is -0.507 e. The molecule has 302 valence electrons. The third-order valence-corrected chi connectivity index (χ3v) is 22.1. The first-order valence-electron chi connectivity index (χ1n) is 20.4. The van der Waals surface area contributed by atoms with Gasteiger partial charge in [0.05, 0.1) is 22.0 Å². The van der Waals surface area contributed by atoms with Gasteiger partial charge in [0.1, 0.15) is 57.5 Å². The van der Waals surface area contributed by atoms with Gasteiger partial charge in [-0.1, -0.05) is 109 Å². The number of ether oxygens (including phenoxy) is 4. The molecule has 0 bridgehead atoms. The van der Waals surface area contributed by atoms with Crippen LogP contribution in [0.2, 0.25) is 0 Å². The number of hydrogen-bond acceptors (Lipinski definition) is 7. The zero-order valence-electron chi connectivity index (χ0n) is 33.6. The highest BCUT2D eigenvalue weighted by atomic mass is 32.4. The van der Waals surface area contributed by atoms with Crippen molar-refractivity contribution in [2.45, 2.75) is 10.8 Å². The summed E-state index contributed by atoms with van der Waals surface area (Å²) in [7, 11) is 5.57. The van der Waals surface area contributed by atoms with E-state index in [1.165, 1.54) is 32.9 Å². The van der Waals surface area contributed by atoms with E-state index in [9.17, 15) is 10.2 Å². The first kappa shape index (κ1) is 37.6. The SMILES string of the molecule is CN(C)P1Pc2cccc3c2C2(c4ccccc4O3)c3ccccc3Oc3cccc(c32)P1.Oc1cccc2c1C1(c3ccccc3O2)c2ccccc2Oc2cccc(O)c21. The van der Waals surface area contributed by atoms with Crippen molar-refractivity contribution in [3.8, 4) is 57.5 Å². The fourth-order valence-electron chi connectivity index (χ4n) is 10.2. The smallest absolute Gasteiger partial charge is 0.135 e. The van der Waals surface area contributed by atoms with E-state index in [0.717, 1.165) is 50.7 Å². The number of phenolic OH excluding ortho intramolecular Hbond substituents is 2. The van der Waals surface area contributed by atoms with Gasteiger partial charge >= 0.3 is 0 Å². The van der Waals surface area contributed by atoms with Gasteiger partial charge in [0.15, 0.2) is 0 Å². The number of nitrogens with zero attached hydrogens (tertiary/aromatic N) is 1. The molecule has 2 N–H and O–H groups in total. The maximum absolute atomic E-state index is 11.0.